The number of carbonyl (C=O) groups excluding carboxylic acids is 1. The van der Waals surface area contributed by atoms with Gasteiger partial charge in [0.05, 0.1) is 5.71 Å². The number of nitrogens with zero attached hydrogens (tertiary/aromatic N) is 2. The van der Waals surface area contributed by atoms with E-state index in [0.29, 0.717) is 12.8 Å². The van der Waals surface area contributed by atoms with Crippen molar-refractivity contribution in [2.75, 3.05) is 32.7 Å². The zero-order chi connectivity index (χ0) is 30.8. The van der Waals surface area contributed by atoms with Crippen LogP contribution in [0, 0.1) is 16.6 Å². The van der Waals surface area contributed by atoms with Gasteiger partial charge in [-0.2, -0.15) is 0 Å². The lowest BCUT2D eigenvalue weighted by molar-refractivity contribution is -0.112. The predicted octanol–water partition coefficient (Wildman–Crippen LogP) is 7.83. The molecule has 0 aromatic heterocycles. The molecule has 7 heteroatoms. The van der Waals surface area contributed by atoms with Gasteiger partial charge in [-0.05, 0) is 86.5 Å². The lowest BCUT2D eigenvalue weighted by atomic mass is 9.69. The maximum atomic E-state index is 14.5. The molecule has 1 aliphatic heterocycles. The number of halogens is 2. The topological polar surface area (TPSA) is 71.2 Å². The van der Waals surface area contributed by atoms with Gasteiger partial charge in [-0.1, -0.05) is 69.0 Å². The van der Waals surface area contributed by atoms with Crippen LogP contribution in [-0.2, 0) is 29.5 Å². The molecule has 1 saturated heterocycles. The molecule has 2 aromatic rings. The molecule has 2 aliphatic rings. The molecular weight excluding hydrogens is 559 g/mol. The number of rotatable bonds is 15. The summed E-state index contributed by atoms with van der Waals surface area (Å²) in [7, 11) is 0. The summed E-state index contributed by atoms with van der Waals surface area (Å²) in [4.78, 5) is 18.6. The second-order valence-corrected chi connectivity index (χ2v) is 13.0. The predicted molar refractivity (Wildman–Crippen MR) is 177 cm³/mol. The van der Waals surface area contributed by atoms with Gasteiger partial charge >= 0.3 is 0 Å². The molecule has 5 nitrogen and oxygen atoms in total. The van der Waals surface area contributed by atoms with Crippen molar-refractivity contribution < 1.29 is 9.18 Å². The minimum atomic E-state index is -0.515. The zero-order valence-electron chi connectivity index (χ0n) is 26.2. The fourth-order valence-electron chi connectivity index (χ4n) is 7.25. The largest absolute Gasteiger partial charge is 0.313 e. The number of ketones is 1. The molecule has 1 saturated carbocycles. The van der Waals surface area contributed by atoms with Gasteiger partial charge in [-0.15, -0.1) is 0 Å². The lowest BCUT2D eigenvalue weighted by Crippen LogP contribution is -2.51. The van der Waals surface area contributed by atoms with Crippen LogP contribution in [0.15, 0.2) is 36.4 Å². The van der Waals surface area contributed by atoms with E-state index >= 15 is 0 Å². The quantitative estimate of drug-likeness (QED) is 0.202. The monoisotopic (exact) mass is 608 g/mol. The van der Waals surface area contributed by atoms with Gasteiger partial charge in [0, 0.05) is 61.1 Å². The molecule has 0 spiro atoms. The Hall–Kier alpha value is -2.41. The molecule has 0 amide bonds. The lowest BCUT2D eigenvalue weighted by Gasteiger charge is -2.42. The van der Waals surface area contributed by atoms with Crippen molar-refractivity contribution >= 4 is 29.3 Å². The van der Waals surface area contributed by atoms with E-state index in [1.807, 2.05) is 0 Å². The highest BCUT2D eigenvalue weighted by atomic mass is 35.5. The number of benzene rings is 2. The van der Waals surface area contributed by atoms with Crippen LogP contribution in [0.2, 0.25) is 5.02 Å². The third kappa shape index (κ3) is 8.61. The first-order valence-electron chi connectivity index (χ1n) is 16.4. The van der Waals surface area contributed by atoms with Gasteiger partial charge in [0.2, 0.25) is 0 Å². The summed E-state index contributed by atoms with van der Waals surface area (Å²) in [6, 6.07) is 11.8. The van der Waals surface area contributed by atoms with E-state index < -0.39 is 17.0 Å². The van der Waals surface area contributed by atoms with Crippen molar-refractivity contribution in [2.45, 2.75) is 102 Å². The van der Waals surface area contributed by atoms with Gasteiger partial charge in [0.1, 0.15) is 5.82 Å². The number of nitrogens with one attached hydrogen (secondary N) is 2. The fraction of sp³-hybridized carbons (Fsp3) is 0.583. The van der Waals surface area contributed by atoms with Crippen molar-refractivity contribution in [1.29, 1.82) is 10.8 Å². The Labute approximate surface area is 263 Å². The van der Waals surface area contributed by atoms with E-state index in [1.54, 1.807) is 6.07 Å². The Morgan fingerprint density at radius 3 is 2.40 bits per heavy atom. The molecule has 4 rings (SSSR count). The number of hydrogen-bond donors (Lipinski definition) is 2. The van der Waals surface area contributed by atoms with E-state index in [-0.39, 0.29) is 29.1 Å². The van der Waals surface area contributed by atoms with Crippen molar-refractivity contribution in [2.24, 2.45) is 0 Å². The number of piperazine rings is 1. The van der Waals surface area contributed by atoms with Crippen LogP contribution in [0.3, 0.4) is 0 Å². The first-order chi connectivity index (χ1) is 20.8. The van der Waals surface area contributed by atoms with Gasteiger partial charge in [-0.3, -0.25) is 9.69 Å². The Bertz CT molecular complexity index is 1230. The molecule has 43 heavy (non-hydrogen) atoms. The highest BCUT2D eigenvalue weighted by Crippen LogP contribution is 2.39. The standard InChI is InChI=1S/C36H50ClFN4O/c1-3-27-14-15-29(24-28(27)4-2)36(16-9-18-39,26-34(40)35(43)25-31-32(37)12-8-13-33(31)38)17-19-41-20-22-42(23-21-41)30-10-6-5-7-11-30/h8,12-15,18,24,30,39-40H,3-7,9-11,16-17,19-23,25-26H2,1-2H3/t36-/m0/s1. The van der Waals surface area contributed by atoms with Gasteiger partial charge < -0.3 is 15.7 Å². The second kappa shape index (κ2) is 16.1. The van der Waals surface area contributed by atoms with Crippen LogP contribution in [0.5, 0.6) is 0 Å². The average Bonchev–Trinajstić information content (AvgIpc) is 3.04. The molecule has 0 unspecified atom stereocenters. The number of Topliss-reactive ketones (excluding diaryl/α,β-unsaturated/α-hetero) is 1. The minimum Gasteiger partial charge on any atom is -0.313 e. The normalized spacial score (nSPS) is 18.3. The van der Waals surface area contributed by atoms with Crippen LogP contribution in [0.4, 0.5) is 4.39 Å². The Morgan fingerprint density at radius 1 is 1.02 bits per heavy atom. The smallest absolute Gasteiger partial charge is 0.180 e. The summed E-state index contributed by atoms with van der Waals surface area (Å²) in [5, 5.41) is 17.1. The van der Waals surface area contributed by atoms with Crippen LogP contribution in [0.25, 0.3) is 0 Å². The maximum absolute atomic E-state index is 14.5. The second-order valence-electron chi connectivity index (χ2n) is 12.6. The molecule has 2 fully saturated rings. The average molecular weight is 609 g/mol. The molecule has 2 N–H and O–H groups in total. The molecule has 234 valence electrons. The molecule has 1 atom stereocenters. The van der Waals surface area contributed by atoms with Crippen LogP contribution >= 0.6 is 11.6 Å². The summed E-state index contributed by atoms with van der Waals surface area (Å²) >= 11 is 6.24. The van der Waals surface area contributed by atoms with Crippen molar-refractivity contribution in [3.63, 3.8) is 0 Å². The summed E-state index contributed by atoms with van der Waals surface area (Å²) in [6.45, 7) is 9.50. The van der Waals surface area contributed by atoms with E-state index in [4.69, 9.17) is 22.4 Å². The van der Waals surface area contributed by atoms with Crippen molar-refractivity contribution in [1.82, 2.24) is 9.80 Å². The van der Waals surface area contributed by atoms with Crippen LogP contribution in [0.1, 0.15) is 93.9 Å². The van der Waals surface area contributed by atoms with Crippen molar-refractivity contribution in [3.8, 4) is 0 Å². The summed E-state index contributed by atoms with van der Waals surface area (Å²) < 4.78 is 14.5. The van der Waals surface area contributed by atoms with E-state index in [9.17, 15) is 9.18 Å². The van der Waals surface area contributed by atoms with Gasteiger partial charge in [0.15, 0.2) is 5.78 Å². The number of aryl methyl sites for hydroxylation is 2. The first-order valence-corrected chi connectivity index (χ1v) is 16.8. The van der Waals surface area contributed by atoms with Crippen molar-refractivity contribution in [3.05, 3.63) is 69.5 Å². The zero-order valence-corrected chi connectivity index (χ0v) is 27.0. The Balaban J connectivity index is 1.56. The summed E-state index contributed by atoms with van der Waals surface area (Å²) in [5.74, 6) is -0.910. The summed E-state index contributed by atoms with van der Waals surface area (Å²) in [5.41, 5.74) is 3.46. The first kappa shape index (κ1) is 33.5. The van der Waals surface area contributed by atoms with Gasteiger partial charge in [0.25, 0.3) is 0 Å². The van der Waals surface area contributed by atoms with Gasteiger partial charge in [-0.25, -0.2) is 4.39 Å². The highest BCUT2D eigenvalue weighted by Gasteiger charge is 2.36. The Kier molecular flexibility index (Phi) is 12.5. The molecule has 0 bridgehead atoms. The molecule has 0 radical (unpaired) electrons. The van der Waals surface area contributed by atoms with E-state index in [0.717, 1.165) is 63.6 Å². The number of hydrogen-bond acceptors (Lipinski definition) is 5. The Morgan fingerprint density at radius 2 is 1.74 bits per heavy atom. The van der Waals surface area contributed by atoms with Crippen LogP contribution < -0.4 is 0 Å². The maximum Gasteiger partial charge on any atom is 0.180 e. The van der Waals surface area contributed by atoms with E-state index in [1.165, 1.54) is 61.6 Å². The molecule has 1 heterocycles. The fourth-order valence-corrected chi connectivity index (χ4v) is 7.48. The highest BCUT2D eigenvalue weighted by molar-refractivity contribution is 6.40. The minimum absolute atomic E-state index is 0.00374. The molecular formula is C36H50ClFN4O. The van der Waals surface area contributed by atoms with Crippen LogP contribution in [-0.4, -0.2) is 66.3 Å². The van der Waals surface area contributed by atoms with E-state index in [2.05, 4.69) is 41.8 Å². The molecule has 1 aliphatic carbocycles. The SMILES string of the molecule is CCc1ccc([C@@](CCC=N)(CCN2CCN(C3CCCCC3)CC2)CC(=N)C(=O)Cc2c(F)cccc2Cl)cc1CC. The summed E-state index contributed by atoms with van der Waals surface area (Å²) in [6.07, 6.45) is 12.2. The third-order valence-corrected chi connectivity index (χ3v) is 10.4. The molecule has 2 aromatic carbocycles. The number of carbonyl (C=O) groups is 1. The third-order valence-electron chi connectivity index (χ3n) is 10.0.